The molecule has 1 aliphatic rings. The fourth-order valence-electron chi connectivity index (χ4n) is 4.12. The molecule has 152 valence electrons. The highest BCUT2D eigenvalue weighted by Crippen LogP contribution is 2.31. The van der Waals surface area contributed by atoms with Crippen LogP contribution in [0.5, 0.6) is 5.75 Å². The number of rotatable bonds is 6. The Bertz CT molecular complexity index is 851. The van der Waals surface area contributed by atoms with Crippen LogP contribution in [0.2, 0.25) is 0 Å². The summed E-state index contributed by atoms with van der Waals surface area (Å²) in [5.74, 6) is 1.33. The lowest BCUT2D eigenvalue weighted by Crippen LogP contribution is -2.40. The number of ether oxygens (including phenoxy) is 2. The molecule has 1 fully saturated rings. The molecule has 0 bridgehead atoms. The molecule has 1 amide bonds. The number of hydrogen-bond donors (Lipinski definition) is 2. The number of aromatic amines is 1. The van der Waals surface area contributed by atoms with Gasteiger partial charge in [-0.25, -0.2) is 4.79 Å². The van der Waals surface area contributed by atoms with Gasteiger partial charge in [0.15, 0.2) is 0 Å². The first-order chi connectivity index (χ1) is 13.4. The number of aromatic nitrogens is 1. The summed E-state index contributed by atoms with van der Waals surface area (Å²) < 4.78 is 10.1. The van der Waals surface area contributed by atoms with E-state index in [1.165, 1.54) is 13.5 Å². The number of H-pyrrole nitrogens is 1. The normalized spacial score (nSPS) is 20.1. The number of methoxy groups -OCH3 is 2. The molecular weight excluding hydrogens is 358 g/mol. The minimum atomic E-state index is -0.524. The van der Waals surface area contributed by atoms with Crippen molar-refractivity contribution in [3.8, 4) is 5.75 Å². The highest BCUT2D eigenvalue weighted by molar-refractivity contribution is 6.11. The van der Waals surface area contributed by atoms with Gasteiger partial charge >= 0.3 is 5.97 Å². The smallest absolute Gasteiger partial charge is 0.356 e. The first kappa shape index (κ1) is 20.2. The van der Waals surface area contributed by atoms with Gasteiger partial charge in [0.1, 0.15) is 11.4 Å². The average Bonchev–Trinajstić information content (AvgIpc) is 3.02. The molecule has 1 saturated heterocycles. The van der Waals surface area contributed by atoms with Crippen LogP contribution in [0.25, 0.3) is 10.9 Å². The molecule has 0 saturated carbocycles. The summed E-state index contributed by atoms with van der Waals surface area (Å²) in [6.45, 7) is 7.28. The molecule has 1 aliphatic heterocycles. The summed E-state index contributed by atoms with van der Waals surface area (Å²) in [4.78, 5) is 30.2. The number of hydrogen-bond acceptors (Lipinski definition) is 5. The lowest BCUT2D eigenvalue weighted by molar-refractivity contribution is -0.116. The van der Waals surface area contributed by atoms with Crippen LogP contribution in [0.4, 0.5) is 5.69 Å². The SMILES string of the molecule is COC(=O)c1[nH]c2cc(OC)ccc2c1NC(=O)CCN1C[C@@H](C)C[C@H](C)C1. The standard InChI is InChI=1S/C21H29N3O4/c1-13-9-14(2)12-24(11-13)8-7-18(25)23-19-16-6-5-15(27-3)10-17(16)22-20(19)21(26)28-4/h5-6,10,13-14,22H,7-9,11-12H2,1-4H3,(H,23,25)/t13-,14-/m0/s1. The molecule has 2 atom stereocenters. The molecule has 0 spiro atoms. The predicted molar refractivity (Wildman–Crippen MR) is 109 cm³/mol. The third-order valence-electron chi connectivity index (χ3n) is 5.26. The van der Waals surface area contributed by atoms with E-state index in [-0.39, 0.29) is 11.6 Å². The molecule has 2 N–H and O–H groups in total. The quantitative estimate of drug-likeness (QED) is 0.743. The first-order valence-corrected chi connectivity index (χ1v) is 9.71. The van der Waals surface area contributed by atoms with Crippen LogP contribution in [0.3, 0.4) is 0 Å². The monoisotopic (exact) mass is 387 g/mol. The van der Waals surface area contributed by atoms with Crippen molar-refractivity contribution in [1.29, 1.82) is 0 Å². The van der Waals surface area contributed by atoms with Gasteiger partial charge in [-0.2, -0.15) is 0 Å². The van der Waals surface area contributed by atoms with Gasteiger partial charge in [0, 0.05) is 37.5 Å². The average molecular weight is 387 g/mol. The number of carbonyl (C=O) groups is 2. The van der Waals surface area contributed by atoms with Crippen LogP contribution in [-0.4, -0.2) is 55.6 Å². The van der Waals surface area contributed by atoms with Crippen molar-refractivity contribution in [3.63, 3.8) is 0 Å². The zero-order valence-electron chi connectivity index (χ0n) is 17.0. The van der Waals surface area contributed by atoms with Crippen LogP contribution in [0, 0.1) is 11.8 Å². The number of piperidine rings is 1. The fourth-order valence-corrected chi connectivity index (χ4v) is 4.12. The van der Waals surface area contributed by atoms with Crippen molar-refractivity contribution in [3.05, 3.63) is 23.9 Å². The Labute approximate surface area is 165 Å². The van der Waals surface area contributed by atoms with Gasteiger partial charge in [0.2, 0.25) is 5.91 Å². The molecule has 0 aliphatic carbocycles. The second kappa shape index (κ2) is 8.65. The van der Waals surface area contributed by atoms with E-state index < -0.39 is 5.97 Å². The largest absolute Gasteiger partial charge is 0.497 e. The summed E-state index contributed by atoms with van der Waals surface area (Å²) in [6.07, 6.45) is 1.62. The van der Waals surface area contributed by atoms with Crippen molar-refractivity contribution in [2.75, 3.05) is 39.2 Å². The van der Waals surface area contributed by atoms with E-state index in [1.54, 1.807) is 19.2 Å². The van der Waals surface area contributed by atoms with Crippen molar-refractivity contribution < 1.29 is 19.1 Å². The van der Waals surface area contributed by atoms with Crippen molar-refractivity contribution in [1.82, 2.24) is 9.88 Å². The van der Waals surface area contributed by atoms with Gasteiger partial charge in [-0.05, 0) is 30.4 Å². The Hall–Kier alpha value is -2.54. The van der Waals surface area contributed by atoms with Gasteiger partial charge in [-0.1, -0.05) is 13.8 Å². The molecule has 0 unspecified atom stereocenters. The Balaban J connectivity index is 1.74. The predicted octanol–water partition coefficient (Wildman–Crippen LogP) is 3.27. The Morgan fingerprint density at radius 1 is 1.21 bits per heavy atom. The zero-order valence-corrected chi connectivity index (χ0v) is 17.0. The van der Waals surface area contributed by atoms with E-state index in [0.717, 1.165) is 18.5 Å². The van der Waals surface area contributed by atoms with E-state index in [2.05, 4.69) is 29.0 Å². The second-order valence-electron chi connectivity index (χ2n) is 7.78. The van der Waals surface area contributed by atoms with Crippen LogP contribution < -0.4 is 10.1 Å². The van der Waals surface area contributed by atoms with E-state index in [9.17, 15) is 9.59 Å². The van der Waals surface area contributed by atoms with Crippen LogP contribution in [0.1, 0.15) is 37.2 Å². The summed E-state index contributed by atoms with van der Waals surface area (Å²) >= 11 is 0. The second-order valence-corrected chi connectivity index (χ2v) is 7.78. The van der Waals surface area contributed by atoms with Gasteiger partial charge in [0.25, 0.3) is 0 Å². The number of amides is 1. The number of nitrogens with one attached hydrogen (secondary N) is 2. The van der Waals surface area contributed by atoms with Gasteiger partial charge in [-0.15, -0.1) is 0 Å². The molecule has 7 nitrogen and oxygen atoms in total. The van der Waals surface area contributed by atoms with Crippen LogP contribution in [0.15, 0.2) is 18.2 Å². The maximum absolute atomic E-state index is 12.6. The summed E-state index contributed by atoms with van der Waals surface area (Å²) in [5, 5.41) is 3.65. The van der Waals surface area contributed by atoms with Gasteiger partial charge < -0.3 is 24.7 Å². The van der Waals surface area contributed by atoms with E-state index >= 15 is 0 Å². The van der Waals surface area contributed by atoms with E-state index in [1.807, 2.05) is 6.07 Å². The molecule has 1 aromatic heterocycles. The maximum atomic E-state index is 12.6. The molecule has 7 heteroatoms. The van der Waals surface area contributed by atoms with Crippen LogP contribution in [-0.2, 0) is 9.53 Å². The van der Waals surface area contributed by atoms with Crippen molar-refractivity contribution in [2.45, 2.75) is 26.7 Å². The Morgan fingerprint density at radius 2 is 1.93 bits per heavy atom. The Morgan fingerprint density at radius 3 is 2.57 bits per heavy atom. The molecule has 2 aromatic rings. The van der Waals surface area contributed by atoms with E-state index in [0.29, 0.717) is 41.8 Å². The number of benzene rings is 1. The topological polar surface area (TPSA) is 83.7 Å². The lowest BCUT2D eigenvalue weighted by Gasteiger charge is -2.34. The number of carbonyl (C=O) groups excluding carboxylic acids is 2. The van der Waals surface area contributed by atoms with Crippen molar-refractivity contribution >= 4 is 28.5 Å². The van der Waals surface area contributed by atoms with Gasteiger partial charge in [0.05, 0.1) is 25.4 Å². The minimum absolute atomic E-state index is 0.118. The first-order valence-electron chi connectivity index (χ1n) is 9.71. The minimum Gasteiger partial charge on any atom is -0.497 e. The zero-order chi connectivity index (χ0) is 20.3. The third-order valence-corrected chi connectivity index (χ3v) is 5.26. The van der Waals surface area contributed by atoms with Gasteiger partial charge in [-0.3, -0.25) is 4.79 Å². The molecule has 1 aromatic carbocycles. The number of nitrogens with zero attached hydrogens (tertiary/aromatic N) is 1. The molecular formula is C21H29N3O4. The number of anilines is 1. The number of esters is 1. The fraction of sp³-hybridized carbons (Fsp3) is 0.524. The third kappa shape index (κ3) is 4.47. The molecule has 3 rings (SSSR count). The maximum Gasteiger partial charge on any atom is 0.356 e. The van der Waals surface area contributed by atoms with Crippen LogP contribution >= 0.6 is 0 Å². The lowest BCUT2D eigenvalue weighted by atomic mass is 9.92. The highest BCUT2D eigenvalue weighted by Gasteiger charge is 2.23. The Kier molecular flexibility index (Phi) is 6.24. The van der Waals surface area contributed by atoms with E-state index in [4.69, 9.17) is 9.47 Å². The summed E-state index contributed by atoms with van der Waals surface area (Å²) in [7, 11) is 2.90. The molecule has 0 radical (unpaired) electrons. The summed E-state index contributed by atoms with van der Waals surface area (Å²) in [6, 6.07) is 5.40. The van der Waals surface area contributed by atoms with Crippen molar-refractivity contribution in [2.24, 2.45) is 11.8 Å². The summed E-state index contributed by atoms with van der Waals surface area (Å²) in [5.41, 5.74) is 1.39. The number of fused-ring (bicyclic) bond motifs is 1. The molecule has 28 heavy (non-hydrogen) atoms. The number of likely N-dealkylation sites (tertiary alicyclic amines) is 1. The highest BCUT2D eigenvalue weighted by atomic mass is 16.5. The molecule has 2 heterocycles.